The molecular formula is C26H26N2O4. The molecule has 6 heteroatoms. The first-order valence-corrected chi connectivity index (χ1v) is 11.1. The topological polar surface area (TPSA) is 75.7 Å². The third kappa shape index (κ3) is 3.40. The van der Waals surface area contributed by atoms with Gasteiger partial charge in [-0.3, -0.25) is 19.3 Å². The summed E-state index contributed by atoms with van der Waals surface area (Å²) in [5.74, 6) is -0.812. The quantitative estimate of drug-likeness (QED) is 0.563. The molecule has 5 atom stereocenters. The second-order valence-electron chi connectivity index (χ2n) is 8.78. The number of nitrogens with one attached hydrogen (secondary N) is 1. The van der Waals surface area contributed by atoms with E-state index in [1.807, 2.05) is 36.4 Å². The van der Waals surface area contributed by atoms with Gasteiger partial charge in [0.1, 0.15) is 11.8 Å². The zero-order valence-corrected chi connectivity index (χ0v) is 17.9. The minimum absolute atomic E-state index is 0.0844. The SMILES string of the molecule is COc1ccccc1NC(=O)[C@H](Cc1ccccc1)N1C(=O)[C@H]2[C@H](C1=O)[C@H]1C=C[C@H]2CC1. The van der Waals surface area contributed by atoms with Crippen LogP contribution in [-0.2, 0) is 20.8 Å². The summed E-state index contributed by atoms with van der Waals surface area (Å²) in [7, 11) is 1.54. The van der Waals surface area contributed by atoms with Crippen LogP contribution in [0.5, 0.6) is 5.75 Å². The van der Waals surface area contributed by atoms with Crippen molar-refractivity contribution < 1.29 is 19.1 Å². The summed E-state index contributed by atoms with van der Waals surface area (Å²) in [5.41, 5.74) is 1.40. The Hall–Kier alpha value is -3.41. The molecule has 1 saturated carbocycles. The second-order valence-corrected chi connectivity index (χ2v) is 8.78. The van der Waals surface area contributed by atoms with Crippen molar-refractivity contribution >= 4 is 23.4 Å². The monoisotopic (exact) mass is 430 g/mol. The van der Waals surface area contributed by atoms with E-state index in [9.17, 15) is 14.4 Å². The van der Waals surface area contributed by atoms with Crippen molar-refractivity contribution in [1.29, 1.82) is 0 Å². The van der Waals surface area contributed by atoms with E-state index in [1.165, 1.54) is 12.0 Å². The zero-order chi connectivity index (χ0) is 22.2. The molecule has 4 aliphatic rings. The Balaban J connectivity index is 1.48. The highest BCUT2D eigenvalue weighted by Gasteiger charge is 2.58. The van der Waals surface area contributed by atoms with E-state index in [-0.39, 0.29) is 47.8 Å². The highest BCUT2D eigenvalue weighted by atomic mass is 16.5. The van der Waals surface area contributed by atoms with Gasteiger partial charge in [0, 0.05) is 6.42 Å². The molecule has 2 aromatic rings. The molecule has 3 aliphatic carbocycles. The summed E-state index contributed by atoms with van der Waals surface area (Å²) in [6.45, 7) is 0. The van der Waals surface area contributed by atoms with Gasteiger partial charge in [-0.1, -0.05) is 54.6 Å². The lowest BCUT2D eigenvalue weighted by Crippen LogP contribution is -2.49. The molecule has 0 aromatic heterocycles. The van der Waals surface area contributed by atoms with Gasteiger partial charge in [-0.2, -0.15) is 0 Å². The molecule has 1 saturated heterocycles. The normalized spacial score (nSPS) is 26.7. The van der Waals surface area contributed by atoms with Crippen LogP contribution in [0.3, 0.4) is 0 Å². The molecular weight excluding hydrogens is 404 g/mol. The largest absolute Gasteiger partial charge is 0.495 e. The van der Waals surface area contributed by atoms with E-state index in [0.29, 0.717) is 11.4 Å². The molecule has 1 aliphatic heterocycles. The van der Waals surface area contributed by atoms with Crippen molar-refractivity contribution in [3.05, 3.63) is 72.3 Å². The highest BCUT2D eigenvalue weighted by Crippen LogP contribution is 2.50. The number of benzene rings is 2. The highest BCUT2D eigenvalue weighted by molar-refractivity contribution is 6.10. The Morgan fingerprint density at radius 2 is 1.56 bits per heavy atom. The predicted molar refractivity (Wildman–Crippen MR) is 120 cm³/mol. The summed E-state index contributed by atoms with van der Waals surface area (Å²) < 4.78 is 5.36. The number of carbonyl (C=O) groups excluding carboxylic acids is 3. The number of methoxy groups -OCH3 is 1. The Bertz CT molecular complexity index is 1050. The smallest absolute Gasteiger partial charge is 0.248 e. The van der Waals surface area contributed by atoms with E-state index in [0.717, 1.165) is 18.4 Å². The number of nitrogens with zero attached hydrogens (tertiary/aromatic N) is 1. The molecule has 32 heavy (non-hydrogen) atoms. The summed E-state index contributed by atoms with van der Waals surface area (Å²) in [6, 6.07) is 15.7. The summed E-state index contributed by atoms with van der Waals surface area (Å²) in [4.78, 5) is 41.8. The minimum Gasteiger partial charge on any atom is -0.495 e. The number of ether oxygens (including phenoxy) is 1. The van der Waals surface area contributed by atoms with E-state index in [2.05, 4.69) is 17.5 Å². The summed E-state index contributed by atoms with van der Waals surface area (Å²) in [5, 5.41) is 2.89. The van der Waals surface area contributed by atoms with Crippen LogP contribution in [0.15, 0.2) is 66.7 Å². The third-order valence-corrected chi connectivity index (χ3v) is 7.04. The van der Waals surface area contributed by atoms with Gasteiger partial charge < -0.3 is 10.1 Å². The van der Waals surface area contributed by atoms with Crippen molar-refractivity contribution in [1.82, 2.24) is 4.90 Å². The van der Waals surface area contributed by atoms with Gasteiger partial charge in [0.25, 0.3) is 0 Å². The van der Waals surface area contributed by atoms with E-state index >= 15 is 0 Å². The fourth-order valence-corrected chi connectivity index (χ4v) is 5.51. The molecule has 2 bridgehead atoms. The number of imide groups is 1. The lowest BCUT2D eigenvalue weighted by atomic mass is 9.63. The number of anilines is 1. The van der Waals surface area contributed by atoms with Crippen LogP contribution in [0.25, 0.3) is 0 Å². The first-order valence-electron chi connectivity index (χ1n) is 11.1. The van der Waals surface area contributed by atoms with Crippen LogP contribution in [0, 0.1) is 23.7 Å². The predicted octanol–water partition coefficient (Wildman–Crippen LogP) is 3.44. The average molecular weight is 431 g/mol. The maximum atomic E-state index is 13.5. The van der Waals surface area contributed by atoms with Crippen LogP contribution >= 0.6 is 0 Å². The second kappa shape index (κ2) is 8.26. The Morgan fingerprint density at radius 1 is 0.969 bits per heavy atom. The van der Waals surface area contributed by atoms with Crippen molar-refractivity contribution in [2.24, 2.45) is 23.7 Å². The zero-order valence-electron chi connectivity index (χ0n) is 17.9. The molecule has 0 spiro atoms. The molecule has 2 aromatic carbocycles. The molecule has 1 heterocycles. The Kier molecular flexibility index (Phi) is 5.29. The van der Waals surface area contributed by atoms with Gasteiger partial charge >= 0.3 is 0 Å². The molecule has 2 fully saturated rings. The lowest BCUT2D eigenvalue weighted by Gasteiger charge is -2.38. The molecule has 3 amide bonds. The number of carbonyl (C=O) groups is 3. The number of allylic oxidation sites excluding steroid dienone is 2. The van der Waals surface area contributed by atoms with Crippen LogP contribution in [0.2, 0.25) is 0 Å². The molecule has 1 N–H and O–H groups in total. The minimum atomic E-state index is -0.924. The van der Waals surface area contributed by atoms with Crippen molar-refractivity contribution in [2.75, 3.05) is 12.4 Å². The van der Waals surface area contributed by atoms with E-state index in [1.54, 1.807) is 18.2 Å². The number of fused-ring (bicyclic) bond motifs is 1. The number of likely N-dealkylation sites (tertiary alicyclic amines) is 1. The first kappa shape index (κ1) is 20.5. The third-order valence-electron chi connectivity index (χ3n) is 7.04. The van der Waals surface area contributed by atoms with Crippen molar-refractivity contribution in [3.8, 4) is 5.75 Å². The number of hydrogen-bond acceptors (Lipinski definition) is 4. The molecule has 164 valence electrons. The molecule has 6 rings (SSSR count). The fourth-order valence-electron chi connectivity index (χ4n) is 5.51. The van der Waals surface area contributed by atoms with Gasteiger partial charge in [0.05, 0.1) is 24.6 Å². The van der Waals surface area contributed by atoms with Crippen LogP contribution in [0.4, 0.5) is 5.69 Å². The number of rotatable bonds is 6. The van der Waals surface area contributed by atoms with Gasteiger partial charge in [0.2, 0.25) is 17.7 Å². The fraction of sp³-hybridized carbons (Fsp3) is 0.346. The number of amides is 3. The first-order chi connectivity index (χ1) is 15.6. The van der Waals surface area contributed by atoms with Gasteiger partial charge in [-0.15, -0.1) is 0 Å². The molecule has 6 nitrogen and oxygen atoms in total. The summed E-state index contributed by atoms with van der Waals surface area (Å²) >= 11 is 0. The standard InChI is InChI=1S/C26H26N2O4/c1-32-21-10-6-5-9-19(21)27-24(29)20(15-16-7-3-2-4-8-16)28-25(30)22-17-11-12-18(14-13-17)23(22)26(28)31/h2-12,17-18,20,22-23H,13-15H2,1H3,(H,27,29)/t17-,18-,20-,22+,23+/m0/s1. The maximum absolute atomic E-state index is 13.5. The van der Waals surface area contributed by atoms with Crippen LogP contribution < -0.4 is 10.1 Å². The molecule has 0 radical (unpaired) electrons. The van der Waals surface area contributed by atoms with Crippen LogP contribution in [-0.4, -0.2) is 35.8 Å². The summed E-state index contributed by atoms with van der Waals surface area (Å²) in [6.07, 6.45) is 6.29. The Morgan fingerprint density at radius 3 is 2.16 bits per heavy atom. The van der Waals surface area contributed by atoms with Gasteiger partial charge in [-0.25, -0.2) is 0 Å². The Labute approximate surface area is 187 Å². The van der Waals surface area contributed by atoms with Gasteiger partial charge in [0.15, 0.2) is 0 Å². The lowest BCUT2D eigenvalue weighted by molar-refractivity contribution is -0.146. The van der Waals surface area contributed by atoms with Crippen LogP contribution in [0.1, 0.15) is 18.4 Å². The van der Waals surface area contributed by atoms with Crippen molar-refractivity contribution in [2.45, 2.75) is 25.3 Å². The van der Waals surface area contributed by atoms with E-state index < -0.39 is 6.04 Å². The van der Waals surface area contributed by atoms with Crippen molar-refractivity contribution in [3.63, 3.8) is 0 Å². The van der Waals surface area contributed by atoms with E-state index in [4.69, 9.17) is 4.74 Å². The molecule has 0 unspecified atom stereocenters. The average Bonchev–Trinajstić information content (AvgIpc) is 3.11. The van der Waals surface area contributed by atoms with Gasteiger partial charge in [-0.05, 0) is 42.4 Å². The number of para-hydroxylation sites is 2. The number of hydrogen-bond donors (Lipinski definition) is 1. The maximum Gasteiger partial charge on any atom is 0.248 e.